The van der Waals surface area contributed by atoms with Crippen molar-refractivity contribution in [3.8, 4) is 16.9 Å². The first-order valence-corrected chi connectivity index (χ1v) is 11.7. The molecule has 1 aliphatic heterocycles. The lowest BCUT2D eigenvalue weighted by molar-refractivity contribution is 0.396. The number of halogens is 1. The second-order valence-electron chi connectivity index (χ2n) is 8.17. The van der Waals surface area contributed by atoms with Crippen molar-refractivity contribution in [2.75, 3.05) is 18.0 Å². The third kappa shape index (κ3) is 3.94. The molecule has 5 rings (SSSR count). The van der Waals surface area contributed by atoms with Crippen LogP contribution in [0.4, 0.5) is 10.2 Å². The molecule has 3 heterocycles. The fourth-order valence-corrected chi connectivity index (χ4v) is 5.48. The molecule has 0 unspecified atom stereocenters. The van der Waals surface area contributed by atoms with E-state index in [1.807, 2.05) is 6.07 Å². The lowest BCUT2D eigenvalue weighted by atomic mass is 10.0. The number of rotatable bonds is 5. The molecule has 164 valence electrons. The van der Waals surface area contributed by atoms with Crippen molar-refractivity contribution in [3.63, 3.8) is 0 Å². The smallest absolute Gasteiger partial charge is 0.165 e. The van der Waals surface area contributed by atoms with E-state index in [1.165, 1.54) is 22.1 Å². The number of fused-ring (bicyclic) bond motifs is 1. The Labute approximate surface area is 190 Å². The van der Waals surface area contributed by atoms with Gasteiger partial charge in [0.05, 0.1) is 5.39 Å². The minimum Gasteiger partial charge on any atom is -0.505 e. The Morgan fingerprint density at radius 2 is 1.88 bits per heavy atom. The zero-order valence-corrected chi connectivity index (χ0v) is 18.7. The van der Waals surface area contributed by atoms with E-state index in [0.29, 0.717) is 18.2 Å². The highest BCUT2D eigenvalue weighted by Crippen LogP contribution is 2.41. The van der Waals surface area contributed by atoms with Gasteiger partial charge in [-0.1, -0.05) is 42.5 Å². The first-order chi connectivity index (χ1) is 15.6. The van der Waals surface area contributed by atoms with E-state index in [0.717, 1.165) is 42.0 Å². The summed E-state index contributed by atoms with van der Waals surface area (Å²) in [6, 6.07) is 15.4. The summed E-state index contributed by atoms with van der Waals surface area (Å²) in [4.78, 5) is 13.9. The maximum atomic E-state index is 13.6. The van der Waals surface area contributed by atoms with Crippen LogP contribution in [0.15, 0.2) is 54.9 Å². The van der Waals surface area contributed by atoms with Crippen LogP contribution in [0.2, 0.25) is 0 Å². The molecule has 2 aromatic heterocycles. The van der Waals surface area contributed by atoms with E-state index in [4.69, 9.17) is 4.98 Å². The van der Waals surface area contributed by atoms with Gasteiger partial charge in [0, 0.05) is 41.7 Å². The highest BCUT2D eigenvalue weighted by atomic mass is 32.1. The molecule has 0 aliphatic carbocycles. The summed E-state index contributed by atoms with van der Waals surface area (Å²) in [5.41, 5.74) is 3.01. The minimum absolute atomic E-state index is 0.262. The van der Waals surface area contributed by atoms with Gasteiger partial charge < -0.3 is 15.3 Å². The van der Waals surface area contributed by atoms with Gasteiger partial charge in [-0.05, 0) is 31.4 Å². The molecular weight excluding hydrogens is 423 g/mol. The van der Waals surface area contributed by atoms with Crippen molar-refractivity contribution in [2.24, 2.45) is 0 Å². The Kier molecular flexibility index (Phi) is 5.76. The molecule has 0 amide bonds. The molecule has 0 radical (unpaired) electrons. The quantitative estimate of drug-likeness (QED) is 0.436. The van der Waals surface area contributed by atoms with Crippen LogP contribution in [-0.4, -0.2) is 34.2 Å². The lowest BCUT2D eigenvalue weighted by Gasteiger charge is -2.33. The predicted octanol–water partition coefficient (Wildman–Crippen LogP) is 5.27. The van der Waals surface area contributed by atoms with Gasteiger partial charge in [0.1, 0.15) is 17.0 Å². The van der Waals surface area contributed by atoms with Gasteiger partial charge >= 0.3 is 0 Å². The van der Waals surface area contributed by atoms with Crippen molar-refractivity contribution >= 4 is 27.4 Å². The van der Waals surface area contributed by atoms with Crippen LogP contribution in [0.25, 0.3) is 21.3 Å². The average Bonchev–Trinajstić information content (AvgIpc) is 3.17. The molecule has 0 bridgehead atoms. The van der Waals surface area contributed by atoms with Crippen molar-refractivity contribution in [1.82, 2.24) is 15.3 Å². The monoisotopic (exact) mass is 448 g/mol. The summed E-state index contributed by atoms with van der Waals surface area (Å²) in [5.74, 6) is 0.161. The summed E-state index contributed by atoms with van der Waals surface area (Å²) >= 11 is 1.72. The largest absolute Gasteiger partial charge is 0.505 e. The van der Waals surface area contributed by atoms with Crippen molar-refractivity contribution < 1.29 is 9.50 Å². The highest BCUT2D eigenvalue weighted by molar-refractivity contribution is 7.19. The predicted molar refractivity (Wildman–Crippen MR) is 128 cm³/mol. The van der Waals surface area contributed by atoms with E-state index >= 15 is 0 Å². The first-order valence-electron chi connectivity index (χ1n) is 10.9. The lowest BCUT2D eigenvalue weighted by Crippen LogP contribution is -2.42. The average molecular weight is 449 g/mol. The summed E-state index contributed by atoms with van der Waals surface area (Å²) in [5, 5.41) is 14.5. The number of anilines is 1. The molecule has 32 heavy (non-hydrogen) atoms. The Morgan fingerprint density at radius 3 is 2.66 bits per heavy atom. The summed E-state index contributed by atoms with van der Waals surface area (Å²) in [6.45, 7) is 4.36. The number of phenolic OH excluding ortho intramolecular Hbond substituents is 1. The molecule has 7 heteroatoms. The number of benzene rings is 2. The number of nitrogens with zero attached hydrogens (tertiary/aromatic N) is 3. The van der Waals surface area contributed by atoms with E-state index in [-0.39, 0.29) is 5.75 Å². The number of piperidine rings is 1. The Bertz CT molecular complexity index is 1240. The van der Waals surface area contributed by atoms with Crippen LogP contribution in [0.5, 0.6) is 5.75 Å². The van der Waals surface area contributed by atoms with Gasteiger partial charge in [-0.15, -0.1) is 11.3 Å². The number of phenols is 1. The van der Waals surface area contributed by atoms with E-state index in [1.54, 1.807) is 29.8 Å². The summed E-state index contributed by atoms with van der Waals surface area (Å²) in [7, 11) is 0. The number of aromatic nitrogens is 2. The molecule has 1 aliphatic rings. The Hall–Kier alpha value is -3.03. The zero-order valence-electron chi connectivity index (χ0n) is 17.9. The van der Waals surface area contributed by atoms with Gasteiger partial charge in [0.2, 0.25) is 0 Å². The minimum atomic E-state index is -0.577. The van der Waals surface area contributed by atoms with Gasteiger partial charge in [-0.25, -0.2) is 14.4 Å². The van der Waals surface area contributed by atoms with Crippen molar-refractivity contribution in [1.29, 1.82) is 0 Å². The van der Waals surface area contributed by atoms with E-state index in [2.05, 4.69) is 46.4 Å². The van der Waals surface area contributed by atoms with Crippen LogP contribution >= 0.6 is 11.3 Å². The topological polar surface area (TPSA) is 61.3 Å². The summed E-state index contributed by atoms with van der Waals surface area (Å²) in [6.07, 6.45) is 3.57. The second-order valence-corrected chi connectivity index (χ2v) is 9.37. The number of hydrogen-bond donors (Lipinski definition) is 2. The normalized spacial score (nSPS) is 14.9. The third-order valence-corrected chi connectivity index (χ3v) is 7.17. The molecule has 2 N–H and O–H groups in total. The first kappa shape index (κ1) is 20.8. The zero-order chi connectivity index (χ0) is 22.1. The number of hydrogen-bond acceptors (Lipinski definition) is 6. The maximum absolute atomic E-state index is 13.6. The fraction of sp³-hybridized carbons (Fsp3) is 0.280. The molecule has 0 spiro atoms. The fourth-order valence-electron chi connectivity index (χ4n) is 4.47. The summed E-state index contributed by atoms with van der Waals surface area (Å²) < 4.78 is 13.6. The Morgan fingerprint density at radius 1 is 1.09 bits per heavy atom. The molecule has 0 saturated carbocycles. The number of thiophene rings is 1. The van der Waals surface area contributed by atoms with Gasteiger partial charge in [0.25, 0.3) is 0 Å². The van der Waals surface area contributed by atoms with Crippen LogP contribution in [0.3, 0.4) is 0 Å². The second kappa shape index (κ2) is 8.84. The highest BCUT2D eigenvalue weighted by Gasteiger charge is 2.24. The SMILES string of the molecule is Cc1sc2ncnc(N3CCC(NCc4cccc(F)c4O)CC3)c2c1-c1ccccc1. The molecule has 2 aromatic carbocycles. The van der Waals surface area contributed by atoms with Crippen LogP contribution in [0, 0.1) is 12.7 Å². The standard InChI is InChI=1S/C25H25FN4OS/c1-16-21(17-6-3-2-4-7-17)22-24(28-15-29-25(22)32-16)30-12-10-19(11-13-30)27-14-18-8-5-9-20(26)23(18)31/h2-9,15,19,27,31H,10-14H2,1H3. The maximum Gasteiger partial charge on any atom is 0.165 e. The van der Waals surface area contributed by atoms with Gasteiger partial charge in [0.15, 0.2) is 11.6 Å². The van der Waals surface area contributed by atoms with Crippen LogP contribution < -0.4 is 10.2 Å². The van der Waals surface area contributed by atoms with E-state index in [9.17, 15) is 9.50 Å². The number of para-hydroxylation sites is 1. The molecule has 5 nitrogen and oxygen atoms in total. The van der Waals surface area contributed by atoms with E-state index < -0.39 is 5.82 Å². The number of aryl methyl sites for hydroxylation is 1. The molecule has 1 fully saturated rings. The molecule has 4 aromatic rings. The van der Waals surface area contributed by atoms with Crippen molar-refractivity contribution in [3.05, 3.63) is 71.1 Å². The van der Waals surface area contributed by atoms with Gasteiger partial charge in [-0.3, -0.25) is 0 Å². The van der Waals surface area contributed by atoms with Crippen LogP contribution in [-0.2, 0) is 6.54 Å². The van der Waals surface area contributed by atoms with Gasteiger partial charge in [-0.2, -0.15) is 0 Å². The number of aromatic hydroxyl groups is 1. The third-order valence-electron chi connectivity index (χ3n) is 6.15. The number of nitrogens with one attached hydrogen (secondary N) is 1. The van der Waals surface area contributed by atoms with Crippen LogP contribution in [0.1, 0.15) is 23.3 Å². The van der Waals surface area contributed by atoms with Crippen molar-refractivity contribution in [2.45, 2.75) is 32.4 Å². The molecule has 1 saturated heterocycles. The Balaban J connectivity index is 1.34. The molecule has 0 atom stereocenters. The molecular formula is C25H25FN4OS.